The van der Waals surface area contributed by atoms with Crippen LogP contribution in [0.1, 0.15) is 87.0 Å². The smallest absolute Gasteiger partial charge is 0.306 e. The number of carbonyl (C=O) groups excluding carboxylic acids is 3. The van der Waals surface area contributed by atoms with Gasteiger partial charge < -0.3 is 15.3 Å². The van der Waals surface area contributed by atoms with Crippen LogP contribution < -0.4 is 0 Å². The summed E-state index contributed by atoms with van der Waals surface area (Å²) in [6.45, 7) is 13.1. The summed E-state index contributed by atoms with van der Waals surface area (Å²) in [4.78, 5) is 50.7. The molecule has 4 aliphatic carbocycles. The van der Waals surface area contributed by atoms with Gasteiger partial charge in [0, 0.05) is 41.1 Å². The van der Waals surface area contributed by atoms with Gasteiger partial charge in [-0.25, -0.2) is 0 Å². The van der Waals surface area contributed by atoms with Crippen molar-refractivity contribution in [2.24, 2.45) is 39.4 Å². The fourth-order valence-electron chi connectivity index (χ4n) is 8.77. The SMILES string of the molecule is C/C(=C/C(=O)C[C@@H](C)C(=O)O)[C@H]1C[C@H](O)[C@@]2(C)C3=C(C(=O)C[C@]12C)[C@@]1(C)CCC(=O)C(C)(C)[C@@H]1C[C@@H]3O. The van der Waals surface area contributed by atoms with Gasteiger partial charge in [0.1, 0.15) is 5.78 Å². The fraction of sp³-hybridized carbons (Fsp3) is 0.733. The van der Waals surface area contributed by atoms with E-state index < -0.39 is 45.8 Å². The van der Waals surface area contributed by atoms with Crippen molar-refractivity contribution in [1.82, 2.24) is 0 Å². The van der Waals surface area contributed by atoms with Crippen LogP contribution in [0.25, 0.3) is 0 Å². The van der Waals surface area contributed by atoms with Crippen molar-refractivity contribution in [2.45, 2.75) is 99.2 Å². The summed E-state index contributed by atoms with van der Waals surface area (Å²) >= 11 is 0. The number of allylic oxidation sites excluding steroid dienone is 3. The number of Topliss-reactive ketones (excluding diaryl/α,β-unsaturated/α-hetero) is 2. The number of hydrogen-bond donors (Lipinski definition) is 3. The largest absolute Gasteiger partial charge is 0.481 e. The van der Waals surface area contributed by atoms with Crippen LogP contribution in [-0.4, -0.2) is 50.8 Å². The molecule has 37 heavy (non-hydrogen) atoms. The zero-order valence-corrected chi connectivity index (χ0v) is 23.2. The Labute approximate surface area is 219 Å². The summed E-state index contributed by atoms with van der Waals surface area (Å²) in [6.07, 6.45) is 1.42. The van der Waals surface area contributed by atoms with Crippen molar-refractivity contribution in [3.05, 3.63) is 22.8 Å². The molecule has 3 N–H and O–H groups in total. The van der Waals surface area contributed by atoms with E-state index in [4.69, 9.17) is 5.11 Å². The van der Waals surface area contributed by atoms with Crippen LogP contribution in [0, 0.1) is 39.4 Å². The molecule has 2 saturated carbocycles. The van der Waals surface area contributed by atoms with Gasteiger partial charge in [-0.05, 0) is 55.1 Å². The fourth-order valence-corrected chi connectivity index (χ4v) is 8.77. The van der Waals surface area contributed by atoms with Gasteiger partial charge in [-0.3, -0.25) is 19.2 Å². The van der Waals surface area contributed by atoms with Crippen LogP contribution in [0.5, 0.6) is 0 Å². The lowest BCUT2D eigenvalue weighted by Crippen LogP contribution is -2.60. The molecule has 204 valence electrons. The average Bonchev–Trinajstić information content (AvgIpc) is 2.99. The van der Waals surface area contributed by atoms with Crippen molar-refractivity contribution >= 4 is 23.3 Å². The zero-order valence-electron chi connectivity index (χ0n) is 23.2. The standard InChI is InChI=1S/C30H42O7/c1-15(10-17(31)11-16(2)26(36)37)18-12-23(35)30(7)25-19(32)13-21-27(3,4)22(34)8-9-28(21,5)24(25)20(33)14-29(18,30)6/h10,16,18-19,21,23,32,35H,8-9,11-14H2,1-7H3,(H,36,37)/b15-10-/t16-,18-,19+,21+,23+,28+,29-,30+/m1/s1. The Hall–Kier alpha value is -2.12. The highest BCUT2D eigenvalue weighted by molar-refractivity contribution is 6.01. The van der Waals surface area contributed by atoms with E-state index in [1.807, 2.05) is 34.6 Å². The third-order valence-electron chi connectivity index (χ3n) is 11.2. The van der Waals surface area contributed by atoms with Crippen LogP contribution in [0.3, 0.4) is 0 Å². The second-order valence-electron chi connectivity index (χ2n) is 13.5. The molecule has 7 nitrogen and oxygen atoms in total. The molecule has 4 rings (SSSR count). The third kappa shape index (κ3) is 3.75. The average molecular weight is 515 g/mol. The molecule has 0 amide bonds. The van der Waals surface area contributed by atoms with E-state index in [9.17, 15) is 29.4 Å². The van der Waals surface area contributed by atoms with Crippen molar-refractivity contribution in [3.8, 4) is 0 Å². The maximum atomic E-state index is 14.0. The molecule has 7 heteroatoms. The number of hydrogen-bond acceptors (Lipinski definition) is 6. The second-order valence-corrected chi connectivity index (χ2v) is 13.5. The van der Waals surface area contributed by atoms with Crippen molar-refractivity contribution in [2.75, 3.05) is 0 Å². The first-order valence-corrected chi connectivity index (χ1v) is 13.5. The Bertz CT molecular complexity index is 1130. The normalized spacial score (nSPS) is 42.1. The quantitative estimate of drug-likeness (QED) is 0.472. The predicted octanol–water partition coefficient (Wildman–Crippen LogP) is 4.05. The van der Waals surface area contributed by atoms with Crippen LogP contribution in [0.4, 0.5) is 0 Å². The van der Waals surface area contributed by atoms with E-state index in [0.29, 0.717) is 36.8 Å². The molecule has 4 aliphatic rings. The molecule has 0 aromatic heterocycles. The number of aliphatic hydroxyl groups is 2. The Kier molecular flexibility index (Phi) is 6.56. The molecule has 0 unspecified atom stereocenters. The summed E-state index contributed by atoms with van der Waals surface area (Å²) in [6, 6.07) is 0. The molecule has 0 heterocycles. The minimum atomic E-state index is -1.03. The molecule has 0 aliphatic heterocycles. The van der Waals surface area contributed by atoms with E-state index >= 15 is 0 Å². The van der Waals surface area contributed by atoms with Crippen LogP contribution in [-0.2, 0) is 19.2 Å². The molecular formula is C30H42O7. The summed E-state index contributed by atoms with van der Waals surface area (Å²) < 4.78 is 0. The van der Waals surface area contributed by atoms with Crippen molar-refractivity contribution in [1.29, 1.82) is 0 Å². The number of carbonyl (C=O) groups is 4. The molecule has 0 spiro atoms. The van der Waals surface area contributed by atoms with E-state index in [2.05, 4.69) is 6.92 Å². The Balaban J connectivity index is 1.80. The van der Waals surface area contributed by atoms with Crippen LogP contribution >= 0.6 is 0 Å². The number of aliphatic carboxylic acids is 1. The van der Waals surface area contributed by atoms with Crippen LogP contribution in [0.15, 0.2) is 22.8 Å². The van der Waals surface area contributed by atoms with Gasteiger partial charge in [-0.1, -0.05) is 47.1 Å². The highest BCUT2D eigenvalue weighted by Gasteiger charge is 2.69. The van der Waals surface area contributed by atoms with Crippen molar-refractivity contribution < 1.29 is 34.5 Å². The first-order chi connectivity index (χ1) is 16.9. The highest BCUT2D eigenvalue weighted by atomic mass is 16.4. The predicted molar refractivity (Wildman–Crippen MR) is 137 cm³/mol. The van der Waals surface area contributed by atoms with Gasteiger partial charge in [-0.2, -0.15) is 0 Å². The van der Waals surface area contributed by atoms with Gasteiger partial charge in [0.05, 0.1) is 18.1 Å². The summed E-state index contributed by atoms with van der Waals surface area (Å²) in [5, 5.41) is 32.4. The van der Waals surface area contributed by atoms with Crippen LogP contribution in [0.2, 0.25) is 0 Å². The number of carboxylic acids is 1. The lowest BCUT2D eigenvalue weighted by atomic mass is 9.42. The second kappa shape index (κ2) is 8.70. The minimum Gasteiger partial charge on any atom is -0.481 e. The minimum absolute atomic E-state index is 0.0379. The zero-order chi connectivity index (χ0) is 27.9. The van der Waals surface area contributed by atoms with E-state index in [1.54, 1.807) is 0 Å². The molecule has 8 atom stereocenters. The Morgan fingerprint density at radius 1 is 1.08 bits per heavy atom. The van der Waals surface area contributed by atoms with Gasteiger partial charge in [0.25, 0.3) is 0 Å². The van der Waals surface area contributed by atoms with E-state index in [0.717, 1.165) is 5.57 Å². The number of rotatable bonds is 5. The first-order valence-electron chi connectivity index (χ1n) is 13.5. The lowest BCUT2D eigenvalue weighted by Gasteiger charge is -2.61. The molecule has 0 saturated heterocycles. The van der Waals surface area contributed by atoms with Gasteiger partial charge in [0.2, 0.25) is 0 Å². The maximum Gasteiger partial charge on any atom is 0.306 e. The number of ketones is 3. The highest BCUT2D eigenvalue weighted by Crippen LogP contribution is 2.71. The van der Waals surface area contributed by atoms with Gasteiger partial charge >= 0.3 is 5.97 Å². The van der Waals surface area contributed by atoms with E-state index in [1.165, 1.54) is 13.0 Å². The third-order valence-corrected chi connectivity index (χ3v) is 11.2. The number of aliphatic hydroxyl groups excluding tert-OH is 2. The monoisotopic (exact) mass is 514 g/mol. The summed E-state index contributed by atoms with van der Waals surface area (Å²) in [5.74, 6) is -2.44. The Morgan fingerprint density at radius 3 is 2.30 bits per heavy atom. The van der Waals surface area contributed by atoms with Gasteiger partial charge in [0.15, 0.2) is 11.6 Å². The van der Waals surface area contributed by atoms with E-state index in [-0.39, 0.29) is 42.0 Å². The molecule has 0 bridgehead atoms. The molecular weight excluding hydrogens is 472 g/mol. The number of carboxylic acid groups (broad SMARTS) is 1. The first kappa shape index (κ1) is 27.9. The molecule has 2 fully saturated rings. The lowest BCUT2D eigenvalue weighted by molar-refractivity contribution is -0.145. The maximum absolute atomic E-state index is 14.0. The number of fused-ring (bicyclic) bond motifs is 4. The summed E-state index contributed by atoms with van der Waals surface area (Å²) in [5.41, 5.74) is -0.855. The molecule has 0 aromatic rings. The topological polar surface area (TPSA) is 129 Å². The molecule has 0 aromatic carbocycles. The summed E-state index contributed by atoms with van der Waals surface area (Å²) in [7, 11) is 0. The Morgan fingerprint density at radius 2 is 1.70 bits per heavy atom. The molecule has 0 radical (unpaired) electrons. The van der Waals surface area contributed by atoms with Gasteiger partial charge in [-0.15, -0.1) is 0 Å². The van der Waals surface area contributed by atoms with Crippen molar-refractivity contribution in [3.63, 3.8) is 0 Å².